The number of aliphatic hydroxyl groups is 1. The number of nitrogens with zero attached hydrogens (tertiary/aromatic N) is 1. The van der Waals surface area contributed by atoms with Crippen molar-refractivity contribution in [1.82, 2.24) is 0 Å². The van der Waals surface area contributed by atoms with E-state index in [1.807, 2.05) is 0 Å². The van der Waals surface area contributed by atoms with Crippen LogP contribution in [0.25, 0.3) is 0 Å². The van der Waals surface area contributed by atoms with Gasteiger partial charge in [-0.2, -0.15) is 0 Å². The third kappa shape index (κ3) is 1.74. The van der Waals surface area contributed by atoms with Gasteiger partial charge in [-0.3, -0.25) is 0 Å². The lowest BCUT2D eigenvalue weighted by molar-refractivity contribution is -0.898. The van der Waals surface area contributed by atoms with Crippen molar-refractivity contribution in [2.45, 2.75) is 31.9 Å². The average Bonchev–Trinajstić information content (AvgIpc) is 2.11. The molecule has 1 fully saturated rings. The maximum absolute atomic E-state index is 9.52. The van der Waals surface area contributed by atoms with E-state index in [9.17, 15) is 5.11 Å². The molecule has 1 saturated carbocycles. The standard InChI is InChI=1S/C9H20NO/c1-7-8(10(2,3)4)5-6-9(7)11/h7-9,11H,5-6H2,1-4H3/q+1/t7-,8-,9+/m0/s1. The van der Waals surface area contributed by atoms with Gasteiger partial charge in [-0.05, 0) is 6.42 Å². The average molecular weight is 158 g/mol. The van der Waals surface area contributed by atoms with Crippen LogP contribution >= 0.6 is 0 Å². The van der Waals surface area contributed by atoms with Gasteiger partial charge in [0.25, 0.3) is 0 Å². The predicted octanol–water partition coefficient (Wildman–Crippen LogP) is 0.852. The van der Waals surface area contributed by atoms with Gasteiger partial charge >= 0.3 is 0 Å². The molecule has 0 heterocycles. The third-order valence-corrected chi connectivity index (χ3v) is 2.97. The summed E-state index contributed by atoms with van der Waals surface area (Å²) in [6.07, 6.45) is 2.10. The maximum Gasteiger partial charge on any atom is 0.0935 e. The van der Waals surface area contributed by atoms with Gasteiger partial charge in [0.2, 0.25) is 0 Å². The zero-order valence-corrected chi connectivity index (χ0v) is 8.04. The Balaban J connectivity index is 2.62. The molecule has 0 aliphatic heterocycles. The summed E-state index contributed by atoms with van der Waals surface area (Å²) in [6, 6.07) is 0.644. The van der Waals surface area contributed by atoms with Crippen LogP contribution in [0.4, 0.5) is 0 Å². The van der Waals surface area contributed by atoms with Crippen molar-refractivity contribution in [3.63, 3.8) is 0 Å². The quantitative estimate of drug-likeness (QED) is 0.561. The Bertz CT molecular complexity index is 139. The molecule has 1 rings (SSSR count). The number of hydrogen-bond donors (Lipinski definition) is 1. The van der Waals surface area contributed by atoms with Gasteiger partial charge in [0.05, 0.1) is 33.3 Å². The van der Waals surface area contributed by atoms with Gasteiger partial charge in [-0.1, -0.05) is 6.92 Å². The van der Waals surface area contributed by atoms with Crippen molar-refractivity contribution >= 4 is 0 Å². The molecule has 0 spiro atoms. The molecule has 0 amide bonds. The molecule has 1 N–H and O–H groups in total. The highest BCUT2D eigenvalue weighted by molar-refractivity contribution is 4.82. The highest BCUT2D eigenvalue weighted by atomic mass is 16.3. The van der Waals surface area contributed by atoms with Gasteiger partial charge in [0.15, 0.2) is 0 Å². The second-order valence-corrected chi connectivity index (χ2v) is 4.69. The molecule has 0 unspecified atom stereocenters. The van der Waals surface area contributed by atoms with Crippen LogP contribution in [0.3, 0.4) is 0 Å². The van der Waals surface area contributed by atoms with E-state index < -0.39 is 0 Å². The van der Waals surface area contributed by atoms with Crippen molar-refractivity contribution in [1.29, 1.82) is 0 Å². The topological polar surface area (TPSA) is 20.2 Å². The lowest BCUT2D eigenvalue weighted by atomic mass is 10.0. The van der Waals surface area contributed by atoms with Crippen molar-refractivity contribution in [3.8, 4) is 0 Å². The highest BCUT2D eigenvalue weighted by Crippen LogP contribution is 2.31. The fraction of sp³-hybridized carbons (Fsp3) is 1.00. The normalized spacial score (nSPS) is 39.5. The van der Waals surface area contributed by atoms with Gasteiger partial charge in [0, 0.05) is 12.3 Å². The Hall–Kier alpha value is -0.0800. The zero-order chi connectivity index (χ0) is 8.65. The lowest BCUT2D eigenvalue weighted by Gasteiger charge is -2.34. The fourth-order valence-electron chi connectivity index (χ4n) is 2.22. The van der Waals surface area contributed by atoms with Gasteiger partial charge < -0.3 is 9.59 Å². The summed E-state index contributed by atoms with van der Waals surface area (Å²) in [6.45, 7) is 2.16. The van der Waals surface area contributed by atoms with E-state index in [1.165, 1.54) is 6.42 Å². The molecular formula is C9H20NO+. The number of aliphatic hydroxyl groups excluding tert-OH is 1. The summed E-state index contributed by atoms with van der Waals surface area (Å²) in [4.78, 5) is 0. The minimum atomic E-state index is -0.0580. The Morgan fingerprint density at radius 1 is 1.18 bits per heavy atom. The lowest BCUT2D eigenvalue weighted by Crippen LogP contribution is -2.47. The molecule has 3 atom stereocenters. The Kier molecular flexibility index (Phi) is 2.26. The van der Waals surface area contributed by atoms with E-state index in [0.717, 1.165) is 10.9 Å². The van der Waals surface area contributed by atoms with Crippen LogP contribution in [-0.4, -0.2) is 42.9 Å². The first kappa shape index (κ1) is 9.01. The number of hydrogen-bond acceptors (Lipinski definition) is 1. The monoisotopic (exact) mass is 158 g/mol. The third-order valence-electron chi connectivity index (χ3n) is 2.97. The molecule has 0 aromatic rings. The van der Waals surface area contributed by atoms with E-state index in [-0.39, 0.29) is 6.10 Å². The van der Waals surface area contributed by atoms with Crippen molar-refractivity contribution in [2.24, 2.45) is 5.92 Å². The summed E-state index contributed by atoms with van der Waals surface area (Å²) in [5, 5.41) is 9.52. The molecule has 0 aromatic carbocycles. The van der Waals surface area contributed by atoms with Crippen molar-refractivity contribution in [2.75, 3.05) is 21.1 Å². The van der Waals surface area contributed by atoms with E-state index in [4.69, 9.17) is 0 Å². The smallest absolute Gasteiger partial charge is 0.0935 e. The maximum atomic E-state index is 9.52. The Morgan fingerprint density at radius 2 is 1.73 bits per heavy atom. The Labute approximate surface area is 69.4 Å². The summed E-state index contributed by atoms with van der Waals surface area (Å²) < 4.78 is 0.984. The minimum Gasteiger partial charge on any atom is -0.393 e. The van der Waals surface area contributed by atoms with E-state index in [1.54, 1.807) is 0 Å². The van der Waals surface area contributed by atoms with Crippen LogP contribution < -0.4 is 0 Å². The Morgan fingerprint density at radius 3 is 1.91 bits per heavy atom. The SMILES string of the molecule is C[C@@H]1[C@H](O)CC[C@@H]1[N+](C)(C)C. The first-order valence-electron chi connectivity index (χ1n) is 4.42. The summed E-state index contributed by atoms with van der Waals surface area (Å²) in [5.41, 5.74) is 0. The summed E-state index contributed by atoms with van der Waals surface area (Å²) in [5.74, 6) is 0.468. The van der Waals surface area contributed by atoms with Crippen LogP contribution in [0.15, 0.2) is 0 Å². The highest BCUT2D eigenvalue weighted by Gasteiger charge is 2.39. The molecule has 0 radical (unpaired) electrons. The molecule has 0 bridgehead atoms. The molecule has 2 nitrogen and oxygen atoms in total. The van der Waals surface area contributed by atoms with Crippen LogP contribution in [0.5, 0.6) is 0 Å². The first-order chi connectivity index (χ1) is 4.93. The van der Waals surface area contributed by atoms with Crippen LogP contribution in [0.2, 0.25) is 0 Å². The van der Waals surface area contributed by atoms with Crippen LogP contribution in [0.1, 0.15) is 19.8 Å². The predicted molar refractivity (Wildman–Crippen MR) is 46.2 cm³/mol. The van der Waals surface area contributed by atoms with E-state index >= 15 is 0 Å². The molecule has 66 valence electrons. The molecular weight excluding hydrogens is 138 g/mol. The van der Waals surface area contributed by atoms with Gasteiger partial charge in [-0.25, -0.2) is 0 Å². The first-order valence-corrected chi connectivity index (χ1v) is 4.42. The summed E-state index contributed by atoms with van der Waals surface area (Å²) >= 11 is 0. The molecule has 11 heavy (non-hydrogen) atoms. The largest absolute Gasteiger partial charge is 0.393 e. The fourth-order valence-corrected chi connectivity index (χ4v) is 2.22. The number of quaternary nitrogens is 1. The van der Waals surface area contributed by atoms with E-state index in [0.29, 0.717) is 12.0 Å². The second kappa shape index (κ2) is 2.76. The molecule has 1 aliphatic rings. The molecule has 2 heteroatoms. The van der Waals surface area contributed by atoms with Crippen molar-refractivity contribution < 1.29 is 9.59 Å². The number of rotatable bonds is 1. The van der Waals surface area contributed by atoms with Gasteiger partial charge in [0.1, 0.15) is 0 Å². The minimum absolute atomic E-state index is 0.0580. The zero-order valence-electron chi connectivity index (χ0n) is 8.04. The van der Waals surface area contributed by atoms with Crippen molar-refractivity contribution in [3.05, 3.63) is 0 Å². The van der Waals surface area contributed by atoms with Crippen LogP contribution in [-0.2, 0) is 0 Å². The van der Waals surface area contributed by atoms with Crippen LogP contribution in [0, 0.1) is 5.92 Å². The van der Waals surface area contributed by atoms with Gasteiger partial charge in [-0.15, -0.1) is 0 Å². The molecule has 0 saturated heterocycles. The second-order valence-electron chi connectivity index (χ2n) is 4.69. The summed E-state index contributed by atoms with van der Waals surface area (Å²) in [7, 11) is 6.62. The molecule has 0 aromatic heterocycles. The van der Waals surface area contributed by atoms with E-state index in [2.05, 4.69) is 28.1 Å². The molecule has 1 aliphatic carbocycles.